The van der Waals surface area contributed by atoms with E-state index in [1.54, 1.807) is 38.1 Å². The number of carbonyl (C=O) groups excluding carboxylic acids is 4. The van der Waals surface area contributed by atoms with E-state index in [1.165, 1.54) is 0 Å². The van der Waals surface area contributed by atoms with Crippen molar-refractivity contribution in [2.45, 2.75) is 84.0 Å². The first kappa shape index (κ1) is 31.6. The Hall–Kier alpha value is -3.47. The summed E-state index contributed by atoms with van der Waals surface area (Å²) in [6, 6.07) is 4.73. The van der Waals surface area contributed by atoms with Crippen molar-refractivity contribution in [2.75, 3.05) is 0 Å². The van der Waals surface area contributed by atoms with Crippen LogP contribution in [0, 0.1) is 11.8 Å². The molecule has 0 spiro atoms. The van der Waals surface area contributed by atoms with Gasteiger partial charge in [0.25, 0.3) is 0 Å². The van der Waals surface area contributed by atoms with Crippen molar-refractivity contribution in [3.05, 3.63) is 35.9 Å². The molecule has 11 nitrogen and oxygen atoms in total. The molecule has 1 aromatic carbocycles. The summed E-state index contributed by atoms with van der Waals surface area (Å²) in [5.41, 5.74) is 11.8. The molecule has 37 heavy (non-hydrogen) atoms. The molecule has 206 valence electrons. The number of primary amides is 1. The lowest BCUT2D eigenvalue weighted by atomic mass is 9.94. The number of carbonyl (C=O) groups is 5. The monoisotopic (exact) mass is 519 g/mol. The summed E-state index contributed by atoms with van der Waals surface area (Å²) >= 11 is 0. The zero-order valence-corrected chi connectivity index (χ0v) is 22.0. The van der Waals surface area contributed by atoms with Gasteiger partial charge < -0.3 is 32.5 Å². The maximum atomic E-state index is 13.4. The van der Waals surface area contributed by atoms with E-state index < -0.39 is 53.8 Å². The lowest BCUT2D eigenvalue weighted by molar-refractivity contribution is -0.144. The minimum atomic E-state index is -1.16. The van der Waals surface area contributed by atoms with Gasteiger partial charge in [0, 0.05) is 12.8 Å². The Morgan fingerprint density at radius 3 is 1.89 bits per heavy atom. The third kappa shape index (κ3) is 10.6. The van der Waals surface area contributed by atoms with Crippen molar-refractivity contribution in [2.24, 2.45) is 23.3 Å². The van der Waals surface area contributed by atoms with Crippen LogP contribution < -0.4 is 27.4 Å². The van der Waals surface area contributed by atoms with Gasteiger partial charge in [-0.15, -0.1) is 0 Å². The third-order valence-electron chi connectivity index (χ3n) is 6.52. The maximum Gasteiger partial charge on any atom is 0.326 e. The second kappa shape index (κ2) is 15.6. The molecule has 0 aromatic heterocycles. The molecule has 4 amide bonds. The number of nitrogens with one attached hydrogen (secondary N) is 3. The number of hydrogen-bond donors (Lipinski definition) is 6. The number of nitrogens with two attached hydrogens (primary N) is 2. The number of aliphatic carboxylic acids is 1. The minimum Gasteiger partial charge on any atom is -0.480 e. The van der Waals surface area contributed by atoms with Gasteiger partial charge in [0.1, 0.15) is 18.1 Å². The van der Waals surface area contributed by atoms with Crippen LogP contribution in [-0.2, 0) is 30.4 Å². The topological polar surface area (TPSA) is 194 Å². The fourth-order valence-corrected chi connectivity index (χ4v) is 3.65. The van der Waals surface area contributed by atoms with Crippen LogP contribution in [0.25, 0.3) is 0 Å². The smallest absolute Gasteiger partial charge is 0.326 e. The second-order valence-corrected chi connectivity index (χ2v) is 9.44. The molecule has 6 unspecified atom stereocenters. The van der Waals surface area contributed by atoms with Gasteiger partial charge in [-0.2, -0.15) is 0 Å². The molecule has 0 fully saturated rings. The quantitative estimate of drug-likeness (QED) is 0.182. The van der Waals surface area contributed by atoms with E-state index in [1.807, 2.05) is 19.9 Å². The maximum absolute atomic E-state index is 13.4. The first-order valence-corrected chi connectivity index (χ1v) is 12.6. The Labute approximate surface area is 218 Å². The Morgan fingerprint density at radius 1 is 0.838 bits per heavy atom. The van der Waals surface area contributed by atoms with E-state index in [0.717, 1.165) is 5.56 Å². The molecule has 1 aromatic rings. The van der Waals surface area contributed by atoms with Gasteiger partial charge in [0.15, 0.2) is 0 Å². The van der Waals surface area contributed by atoms with Gasteiger partial charge in [0.2, 0.25) is 23.6 Å². The number of carboxylic acid groups (broad SMARTS) is 1. The normalized spacial score (nSPS) is 15.8. The summed E-state index contributed by atoms with van der Waals surface area (Å²) in [5.74, 6) is -4.25. The van der Waals surface area contributed by atoms with Crippen LogP contribution in [0.3, 0.4) is 0 Å². The highest BCUT2D eigenvalue weighted by Gasteiger charge is 2.34. The zero-order valence-electron chi connectivity index (χ0n) is 22.0. The number of benzene rings is 1. The van der Waals surface area contributed by atoms with Crippen LogP contribution in [0.2, 0.25) is 0 Å². The van der Waals surface area contributed by atoms with Gasteiger partial charge in [0.05, 0.1) is 6.04 Å². The summed E-state index contributed by atoms with van der Waals surface area (Å²) in [6.07, 6.45) is 1.14. The van der Waals surface area contributed by atoms with E-state index in [-0.39, 0.29) is 31.1 Å². The van der Waals surface area contributed by atoms with E-state index in [4.69, 9.17) is 11.5 Å². The predicted molar refractivity (Wildman–Crippen MR) is 139 cm³/mol. The first-order chi connectivity index (χ1) is 17.4. The summed E-state index contributed by atoms with van der Waals surface area (Å²) in [6.45, 7) is 7.17. The molecule has 1 rings (SSSR count). The molecule has 0 heterocycles. The molecule has 0 aliphatic heterocycles. The van der Waals surface area contributed by atoms with Crippen molar-refractivity contribution in [1.29, 1.82) is 0 Å². The van der Waals surface area contributed by atoms with Crippen LogP contribution in [0.15, 0.2) is 30.3 Å². The molecule has 6 atom stereocenters. The molecule has 8 N–H and O–H groups in total. The molecule has 11 heteroatoms. The molecule has 0 aliphatic rings. The average molecular weight is 520 g/mol. The van der Waals surface area contributed by atoms with Crippen LogP contribution in [-0.4, -0.2) is 58.9 Å². The van der Waals surface area contributed by atoms with Crippen molar-refractivity contribution in [3.63, 3.8) is 0 Å². The van der Waals surface area contributed by atoms with E-state index in [9.17, 15) is 29.1 Å². The lowest BCUT2D eigenvalue weighted by Crippen LogP contribution is -2.59. The second-order valence-electron chi connectivity index (χ2n) is 9.44. The SMILES string of the molecule is CCC(C)C(NC(=O)C(NC(=O)C(Cc1ccccc1)NC(=O)C(N)CCC(N)=O)C(C)CC)C(=O)O. The molecule has 0 radical (unpaired) electrons. The fraction of sp³-hybridized carbons (Fsp3) is 0.577. The Balaban J connectivity index is 3.13. The number of hydrogen-bond acceptors (Lipinski definition) is 6. The Bertz CT molecular complexity index is 925. The van der Waals surface area contributed by atoms with Crippen molar-refractivity contribution >= 4 is 29.6 Å². The lowest BCUT2D eigenvalue weighted by Gasteiger charge is -2.29. The number of rotatable bonds is 16. The van der Waals surface area contributed by atoms with E-state index in [2.05, 4.69) is 16.0 Å². The van der Waals surface area contributed by atoms with E-state index in [0.29, 0.717) is 12.8 Å². The standard InChI is InChI=1S/C26H41N5O6/c1-5-15(3)21(25(35)31-22(26(36)37)16(4)6-2)30-24(34)19(14-17-10-8-7-9-11-17)29-23(33)18(27)12-13-20(28)32/h7-11,15-16,18-19,21-22H,5-6,12-14,27H2,1-4H3,(H2,28,32)(H,29,33)(H,30,34)(H,31,35)(H,36,37). The average Bonchev–Trinajstić information content (AvgIpc) is 2.87. The van der Waals surface area contributed by atoms with Crippen LogP contribution in [0.1, 0.15) is 58.9 Å². The van der Waals surface area contributed by atoms with Crippen molar-refractivity contribution in [1.82, 2.24) is 16.0 Å². The van der Waals surface area contributed by atoms with Gasteiger partial charge >= 0.3 is 5.97 Å². The highest BCUT2D eigenvalue weighted by Crippen LogP contribution is 2.13. The highest BCUT2D eigenvalue weighted by molar-refractivity contribution is 5.94. The zero-order chi connectivity index (χ0) is 28.1. The molecular weight excluding hydrogens is 478 g/mol. The molecular formula is C26H41N5O6. The largest absolute Gasteiger partial charge is 0.480 e. The number of carboxylic acids is 1. The van der Waals surface area contributed by atoms with Crippen LogP contribution in [0.4, 0.5) is 0 Å². The Kier molecular flexibility index (Phi) is 13.3. The molecule has 0 aliphatic carbocycles. The summed E-state index contributed by atoms with van der Waals surface area (Å²) in [7, 11) is 0. The highest BCUT2D eigenvalue weighted by atomic mass is 16.4. The molecule has 0 bridgehead atoms. The molecule has 0 saturated carbocycles. The number of amides is 4. The van der Waals surface area contributed by atoms with Crippen LogP contribution >= 0.6 is 0 Å². The van der Waals surface area contributed by atoms with Gasteiger partial charge in [-0.3, -0.25) is 19.2 Å². The summed E-state index contributed by atoms with van der Waals surface area (Å²) in [4.78, 5) is 62.0. The van der Waals surface area contributed by atoms with Crippen molar-refractivity contribution in [3.8, 4) is 0 Å². The van der Waals surface area contributed by atoms with Gasteiger partial charge in [-0.25, -0.2) is 4.79 Å². The van der Waals surface area contributed by atoms with Crippen molar-refractivity contribution < 1.29 is 29.1 Å². The minimum absolute atomic E-state index is 0.0188. The first-order valence-electron chi connectivity index (χ1n) is 12.6. The third-order valence-corrected chi connectivity index (χ3v) is 6.52. The Morgan fingerprint density at radius 2 is 1.38 bits per heavy atom. The fourth-order valence-electron chi connectivity index (χ4n) is 3.65. The molecule has 0 saturated heterocycles. The summed E-state index contributed by atoms with van der Waals surface area (Å²) < 4.78 is 0. The van der Waals surface area contributed by atoms with Crippen LogP contribution in [0.5, 0.6) is 0 Å². The predicted octanol–water partition coefficient (Wildman–Crippen LogP) is 0.453. The van der Waals surface area contributed by atoms with Gasteiger partial charge in [-0.05, 0) is 23.8 Å². The van der Waals surface area contributed by atoms with Gasteiger partial charge in [-0.1, -0.05) is 70.9 Å². The summed E-state index contributed by atoms with van der Waals surface area (Å²) in [5, 5.41) is 17.5. The van der Waals surface area contributed by atoms with E-state index >= 15 is 0 Å².